The van der Waals surface area contributed by atoms with Gasteiger partial charge in [-0.25, -0.2) is 0 Å². The zero-order valence-electron chi connectivity index (χ0n) is 11.5. The lowest BCUT2D eigenvalue weighted by molar-refractivity contribution is -0.138. The smallest absolute Gasteiger partial charge is 0.310 e. The van der Waals surface area contributed by atoms with Crippen molar-refractivity contribution in [2.24, 2.45) is 0 Å². The molecule has 0 saturated heterocycles. The average molecular weight is 270 g/mol. The molecular formula is C17H18O3. The molecule has 0 bridgehead atoms. The zero-order valence-corrected chi connectivity index (χ0v) is 11.5. The second kappa shape index (κ2) is 6.75. The summed E-state index contributed by atoms with van der Waals surface area (Å²) < 4.78 is 5.18. The van der Waals surface area contributed by atoms with Crippen LogP contribution < -0.4 is 4.74 Å². The fourth-order valence-electron chi connectivity index (χ4n) is 2.26. The highest BCUT2D eigenvalue weighted by molar-refractivity contribution is 5.76. The summed E-state index contributed by atoms with van der Waals surface area (Å²) in [6.45, 7) is 0. The minimum atomic E-state index is -0.779. The van der Waals surface area contributed by atoms with Crippen LogP contribution in [-0.4, -0.2) is 18.2 Å². The third-order valence-electron chi connectivity index (χ3n) is 3.36. The minimum absolute atomic E-state index is 0.470. The van der Waals surface area contributed by atoms with Gasteiger partial charge in [-0.15, -0.1) is 0 Å². The van der Waals surface area contributed by atoms with Crippen LogP contribution in [0.25, 0.3) is 0 Å². The first-order valence-corrected chi connectivity index (χ1v) is 6.61. The van der Waals surface area contributed by atoms with E-state index < -0.39 is 11.9 Å². The normalized spacial score (nSPS) is 11.8. The van der Waals surface area contributed by atoms with Crippen molar-refractivity contribution in [3.05, 3.63) is 65.7 Å². The number of hydrogen-bond donors (Lipinski definition) is 1. The maximum Gasteiger partial charge on any atom is 0.310 e. The maximum absolute atomic E-state index is 11.4. The topological polar surface area (TPSA) is 46.5 Å². The molecule has 104 valence electrons. The number of carbonyl (C=O) groups is 1. The van der Waals surface area contributed by atoms with Gasteiger partial charge in [0, 0.05) is 0 Å². The molecule has 1 unspecified atom stereocenters. The van der Waals surface area contributed by atoms with Crippen LogP contribution in [0.1, 0.15) is 23.5 Å². The van der Waals surface area contributed by atoms with Gasteiger partial charge in [-0.05, 0) is 36.1 Å². The molecule has 2 aromatic rings. The molecule has 2 rings (SSSR count). The Bertz CT molecular complexity index is 563. The first-order valence-electron chi connectivity index (χ1n) is 6.61. The molecule has 0 fully saturated rings. The lowest BCUT2D eigenvalue weighted by atomic mass is 9.92. The van der Waals surface area contributed by atoms with E-state index in [1.807, 2.05) is 54.6 Å². The number of methoxy groups -OCH3 is 1. The highest BCUT2D eigenvalue weighted by atomic mass is 16.5. The molecule has 0 aliphatic rings. The van der Waals surface area contributed by atoms with Crippen LogP contribution in [-0.2, 0) is 11.2 Å². The van der Waals surface area contributed by atoms with Crippen molar-refractivity contribution in [1.29, 1.82) is 0 Å². The van der Waals surface area contributed by atoms with Gasteiger partial charge in [0.2, 0.25) is 0 Å². The van der Waals surface area contributed by atoms with Crippen LogP contribution in [0.5, 0.6) is 5.75 Å². The van der Waals surface area contributed by atoms with Crippen LogP contribution >= 0.6 is 0 Å². The molecule has 3 heteroatoms. The molecule has 0 amide bonds. The predicted octanol–water partition coefficient (Wildman–Crippen LogP) is 3.50. The Hall–Kier alpha value is -2.29. The van der Waals surface area contributed by atoms with Crippen molar-refractivity contribution >= 4 is 5.97 Å². The Morgan fingerprint density at radius 3 is 2.55 bits per heavy atom. The summed E-state index contributed by atoms with van der Waals surface area (Å²) >= 11 is 0. The lowest BCUT2D eigenvalue weighted by Crippen LogP contribution is -2.12. The van der Waals surface area contributed by atoms with E-state index in [0.717, 1.165) is 16.9 Å². The lowest BCUT2D eigenvalue weighted by Gasteiger charge is -2.13. The molecule has 2 aromatic carbocycles. The van der Waals surface area contributed by atoms with Crippen molar-refractivity contribution in [3.63, 3.8) is 0 Å². The molecule has 0 spiro atoms. The second-order valence-corrected chi connectivity index (χ2v) is 4.69. The predicted molar refractivity (Wildman–Crippen MR) is 78.1 cm³/mol. The van der Waals surface area contributed by atoms with E-state index in [9.17, 15) is 9.90 Å². The fraction of sp³-hybridized carbons (Fsp3) is 0.235. The summed E-state index contributed by atoms with van der Waals surface area (Å²) in [7, 11) is 1.63. The van der Waals surface area contributed by atoms with Gasteiger partial charge in [-0.3, -0.25) is 4.79 Å². The van der Waals surface area contributed by atoms with E-state index in [-0.39, 0.29) is 0 Å². The largest absolute Gasteiger partial charge is 0.497 e. The molecular weight excluding hydrogens is 252 g/mol. The number of aryl methyl sites for hydroxylation is 1. The van der Waals surface area contributed by atoms with Crippen LogP contribution in [0.3, 0.4) is 0 Å². The molecule has 0 heterocycles. The highest BCUT2D eigenvalue weighted by Gasteiger charge is 2.19. The summed E-state index contributed by atoms with van der Waals surface area (Å²) in [5.41, 5.74) is 1.94. The van der Waals surface area contributed by atoms with Gasteiger partial charge < -0.3 is 9.84 Å². The summed E-state index contributed by atoms with van der Waals surface area (Å²) in [6, 6.07) is 17.1. The quantitative estimate of drug-likeness (QED) is 0.874. The number of hydrogen-bond acceptors (Lipinski definition) is 2. The monoisotopic (exact) mass is 270 g/mol. The van der Waals surface area contributed by atoms with Crippen LogP contribution in [0.15, 0.2) is 54.6 Å². The number of rotatable bonds is 6. The molecule has 0 aliphatic carbocycles. The first-order chi connectivity index (χ1) is 9.70. The fourth-order valence-corrected chi connectivity index (χ4v) is 2.26. The van der Waals surface area contributed by atoms with Gasteiger partial charge in [0.25, 0.3) is 0 Å². The molecule has 0 saturated carbocycles. The summed E-state index contributed by atoms with van der Waals surface area (Å²) in [4.78, 5) is 11.4. The Labute approximate surface area is 118 Å². The molecule has 0 aliphatic heterocycles. The summed E-state index contributed by atoms with van der Waals surface area (Å²) in [6.07, 6.45) is 1.29. The summed E-state index contributed by atoms with van der Waals surface area (Å²) in [5, 5.41) is 9.38. The van der Waals surface area contributed by atoms with Gasteiger partial charge in [0.05, 0.1) is 13.0 Å². The SMILES string of the molecule is COc1cccc(CCC(C(=O)O)c2ccccc2)c1. The molecule has 0 aromatic heterocycles. The molecule has 1 atom stereocenters. The number of carboxylic acids is 1. The Balaban J connectivity index is 2.08. The van der Waals surface area contributed by atoms with E-state index in [0.29, 0.717) is 12.8 Å². The third kappa shape index (κ3) is 3.60. The summed E-state index contributed by atoms with van der Waals surface area (Å²) in [5.74, 6) is -0.449. The number of benzene rings is 2. The van der Waals surface area contributed by atoms with Gasteiger partial charge in [-0.1, -0.05) is 42.5 Å². The highest BCUT2D eigenvalue weighted by Crippen LogP contribution is 2.23. The van der Waals surface area contributed by atoms with Crippen molar-refractivity contribution in [3.8, 4) is 5.75 Å². The third-order valence-corrected chi connectivity index (χ3v) is 3.36. The molecule has 0 radical (unpaired) electrons. The number of aliphatic carboxylic acids is 1. The van der Waals surface area contributed by atoms with Crippen LogP contribution in [0.2, 0.25) is 0 Å². The van der Waals surface area contributed by atoms with Crippen molar-refractivity contribution < 1.29 is 14.6 Å². The Morgan fingerprint density at radius 2 is 1.90 bits per heavy atom. The van der Waals surface area contributed by atoms with Crippen molar-refractivity contribution in [2.75, 3.05) is 7.11 Å². The van der Waals surface area contributed by atoms with E-state index in [1.54, 1.807) is 7.11 Å². The second-order valence-electron chi connectivity index (χ2n) is 4.69. The maximum atomic E-state index is 11.4. The Morgan fingerprint density at radius 1 is 1.15 bits per heavy atom. The number of carboxylic acid groups (broad SMARTS) is 1. The van der Waals surface area contributed by atoms with Gasteiger partial charge in [0.15, 0.2) is 0 Å². The molecule has 3 nitrogen and oxygen atoms in total. The van der Waals surface area contributed by atoms with Gasteiger partial charge in [-0.2, -0.15) is 0 Å². The van der Waals surface area contributed by atoms with Crippen LogP contribution in [0, 0.1) is 0 Å². The molecule has 20 heavy (non-hydrogen) atoms. The standard InChI is InChI=1S/C17H18O3/c1-20-15-9-5-6-13(12-15)10-11-16(17(18)19)14-7-3-2-4-8-14/h2-9,12,16H,10-11H2,1H3,(H,18,19). The van der Waals surface area contributed by atoms with E-state index >= 15 is 0 Å². The van der Waals surface area contributed by atoms with Gasteiger partial charge in [0.1, 0.15) is 5.75 Å². The van der Waals surface area contributed by atoms with E-state index in [1.165, 1.54) is 0 Å². The number of ether oxygens (including phenoxy) is 1. The van der Waals surface area contributed by atoms with Crippen molar-refractivity contribution in [2.45, 2.75) is 18.8 Å². The van der Waals surface area contributed by atoms with Gasteiger partial charge >= 0.3 is 5.97 Å². The molecule has 1 N–H and O–H groups in total. The minimum Gasteiger partial charge on any atom is -0.497 e. The van der Waals surface area contributed by atoms with E-state index in [4.69, 9.17) is 4.74 Å². The first kappa shape index (κ1) is 14.1. The van der Waals surface area contributed by atoms with Crippen LogP contribution in [0.4, 0.5) is 0 Å². The van der Waals surface area contributed by atoms with Crippen molar-refractivity contribution in [1.82, 2.24) is 0 Å². The Kier molecular flexibility index (Phi) is 4.77. The zero-order chi connectivity index (χ0) is 14.4. The average Bonchev–Trinajstić information content (AvgIpc) is 2.48. The van der Waals surface area contributed by atoms with E-state index in [2.05, 4.69) is 0 Å².